The highest BCUT2D eigenvalue weighted by Gasteiger charge is 2.19. The number of thiazole rings is 1. The molecule has 0 N–H and O–H groups in total. The molecule has 0 aliphatic rings. The van der Waals surface area contributed by atoms with E-state index in [1.54, 1.807) is 11.3 Å². The normalized spacial score (nSPS) is 13.0. The summed E-state index contributed by atoms with van der Waals surface area (Å²) < 4.78 is 2.14. The highest BCUT2D eigenvalue weighted by Crippen LogP contribution is 2.29. The summed E-state index contributed by atoms with van der Waals surface area (Å²) in [6.07, 6.45) is 0. The van der Waals surface area contributed by atoms with Gasteiger partial charge in [0.25, 0.3) is 0 Å². The smallest absolute Gasteiger partial charge is 0.125 e. The van der Waals surface area contributed by atoms with Crippen LogP contribution in [0.1, 0.15) is 29.5 Å². The first-order chi connectivity index (χ1) is 9.60. The van der Waals surface area contributed by atoms with Crippen LogP contribution >= 0.6 is 34.5 Å². The van der Waals surface area contributed by atoms with Crippen molar-refractivity contribution in [1.29, 1.82) is 0 Å². The molecule has 0 saturated heterocycles. The van der Waals surface area contributed by atoms with E-state index in [0.717, 1.165) is 27.6 Å². The third-order valence-corrected chi connectivity index (χ3v) is 4.83. The molecule has 3 nitrogen and oxygen atoms in total. The Hall–Kier alpha value is -1.10. The Labute approximate surface area is 131 Å². The number of hydrogen-bond donors (Lipinski definition) is 0. The van der Waals surface area contributed by atoms with Gasteiger partial charge in [-0.1, -0.05) is 11.6 Å². The summed E-state index contributed by atoms with van der Waals surface area (Å²) in [6, 6.07) is 5.83. The maximum Gasteiger partial charge on any atom is 0.125 e. The Morgan fingerprint density at radius 1 is 1.35 bits per heavy atom. The highest BCUT2D eigenvalue weighted by atomic mass is 35.5. The van der Waals surface area contributed by atoms with E-state index in [4.69, 9.17) is 23.2 Å². The predicted octanol–water partition coefficient (Wildman–Crippen LogP) is 4.80. The largest absolute Gasteiger partial charge is 0.317 e. The lowest BCUT2D eigenvalue weighted by Gasteiger charge is -2.14. The fourth-order valence-electron chi connectivity index (χ4n) is 2.32. The Morgan fingerprint density at radius 2 is 2.15 bits per heavy atom. The van der Waals surface area contributed by atoms with Gasteiger partial charge in [-0.2, -0.15) is 0 Å². The quantitative estimate of drug-likeness (QED) is 0.647. The molecule has 0 radical (unpaired) electrons. The maximum atomic E-state index is 6.05. The number of aromatic nitrogens is 3. The van der Waals surface area contributed by atoms with E-state index >= 15 is 0 Å². The molecule has 3 rings (SSSR count). The van der Waals surface area contributed by atoms with Crippen molar-refractivity contribution in [3.63, 3.8) is 0 Å². The van der Waals surface area contributed by atoms with Crippen molar-refractivity contribution in [2.24, 2.45) is 0 Å². The van der Waals surface area contributed by atoms with Crippen LogP contribution in [0.25, 0.3) is 11.0 Å². The molecule has 0 saturated carbocycles. The lowest BCUT2D eigenvalue weighted by molar-refractivity contribution is 0.628. The zero-order chi connectivity index (χ0) is 14.3. The predicted molar refractivity (Wildman–Crippen MR) is 85.0 cm³/mol. The molecule has 0 bridgehead atoms. The van der Waals surface area contributed by atoms with Crippen molar-refractivity contribution in [1.82, 2.24) is 14.5 Å². The minimum atomic E-state index is 0.105. The fourth-order valence-corrected chi connectivity index (χ4v) is 3.52. The average Bonchev–Trinajstić information content (AvgIpc) is 3.00. The molecule has 0 amide bonds. The molecule has 0 aliphatic carbocycles. The lowest BCUT2D eigenvalue weighted by atomic mass is 10.3. The Bertz CT molecular complexity index is 763. The van der Waals surface area contributed by atoms with E-state index in [1.165, 1.54) is 0 Å². The minimum absolute atomic E-state index is 0.105. The topological polar surface area (TPSA) is 30.7 Å². The number of rotatable bonds is 3. The van der Waals surface area contributed by atoms with Gasteiger partial charge in [0, 0.05) is 16.1 Å². The van der Waals surface area contributed by atoms with Gasteiger partial charge in [0.2, 0.25) is 0 Å². The molecule has 2 heterocycles. The second-order valence-electron chi connectivity index (χ2n) is 4.67. The summed E-state index contributed by atoms with van der Waals surface area (Å²) >= 11 is 13.7. The summed E-state index contributed by atoms with van der Waals surface area (Å²) in [5, 5.41) is 3.80. The van der Waals surface area contributed by atoms with Crippen LogP contribution in [0.5, 0.6) is 0 Å². The van der Waals surface area contributed by atoms with Gasteiger partial charge >= 0.3 is 0 Å². The van der Waals surface area contributed by atoms with Crippen molar-refractivity contribution in [2.75, 3.05) is 0 Å². The van der Waals surface area contributed by atoms with Gasteiger partial charge in [-0.25, -0.2) is 9.97 Å². The molecule has 1 aromatic carbocycles. The number of hydrogen-bond acceptors (Lipinski definition) is 3. The molecule has 20 heavy (non-hydrogen) atoms. The number of benzene rings is 1. The third-order valence-electron chi connectivity index (χ3n) is 3.23. The second-order valence-corrected chi connectivity index (χ2v) is 6.26. The molecule has 104 valence electrons. The standard InChI is InChI=1S/C14H13Cl2N3S/c1-8-7-20-14(17-8)9(2)19-12-4-3-10(16)5-11(12)18-13(19)6-15/h3-5,7,9H,6H2,1-2H3. The lowest BCUT2D eigenvalue weighted by Crippen LogP contribution is -2.09. The Balaban J connectivity index is 2.18. The summed E-state index contributed by atoms with van der Waals surface area (Å²) in [5.74, 6) is 1.20. The van der Waals surface area contributed by atoms with Gasteiger partial charge in [-0.3, -0.25) is 0 Å². The van der Waals surface area contributed by atoms with E-state index < -0.39 is 0 Å². The minimum Gasteiger partial charge on any atom is -0.317 e. The molecule has 2 aromatic heterocycles. The van der Waals surface area contributed by atoms with Gasteiger partial charge in [0.15, 0.2) is 0 Å². The Kier molecular flexibility index (Phi) is 3.71. The number of fused-ring (bicyclic) bond motifs is 1. The molecule has 1 atom stereocenters. The number of nitrogens with zero attached hydrogens (tertiary/aromatic N) is 3. The average molecular weight is 326 g/mol. The van der Waals surface area contributed by atoms with Crippen molar-refractivity contribution in [3.05, 3.63) is 45.1 Å². The SMILES string of the molecule is Cc1csc(C(C)n2c(CCl)nc3cc(Cl)ccc32)n1. The Morgan fingerprint density at radius 3 is 2.80 bits per heavy atom. The summed E-state index contributed by atoms with van der Waals surface area (Å²) in [4.78, 5) is 9.14. The van der Waals surface area contributed by atoms with Gasteiger partial charge < -0.3 is 4.57 Å². The van der Waals surface area contributed by atoms with E-state index in [-0.39, 0.29) is 6.04 Å². The van der Waals surface area contributed by atoms with Crippen molar-refractivity contribution >= 4 is 45.6 Å². The highest BCUT2D eigenvalue weighted by molar-refractivity contribution is 7.09. The number of aryl methyl sites for hydroxylation is 1. The van der Waals surface area contributed by atoms with Crippen molar-refractivity contribution in [2.45, 2.75) is 25.8 Å². The van der Waals surface area contributed by atoms with Gasteiger partial charge in [0.1, 0.15) is 10.8 Å². The van der Waals surface area contributed by atoms with Crippen molar-refractivity contribution < 1.29 is 0 Å². The first-order valence-electron chi connectivity index (χ1n) is 6.24. The van der Waals surface area contributed by atoms with Gasteiger partial charge in [-0.15, -0.1) is 22.9 Å². The monoisotopic (exact) mass is 325 g/mol. The fraction of sp³-hybridized carbons (Fsp3) is 0.286. The third kappa shape index (κ3) is 2.32. The maximum absolute atomic E-state index is 6.05. The number of imidazole rings is 1. The van der Waals surface area contributed by atoms with Crippen LogP contribution in [0.4, 0.5) is 0 Å². The zero-order valence-electron chi connectivity index (χ0n) is 11.1. The van der Waals surface area contributed by atoms with Gasteiger partial charge in [-0.05, 0) is 32.0 Å². The zero-order valence-corrected chi connectivity index (χ0v) is 13.4. The van der Waals surface area contributed by atoms with E-state index in [0.29, 0.717) is 10.9 Å². The van der Waals surface area contributed by atoms with Gasteiger partial charge in [0.05, 0.1) is 23.0 Å². The molecular weight excluding hydrogens is 313 g/mol. The van der Waals surface area contributed by atoms with Crippen LogP contribution in [0.2, 0.25) is 5.02 Å². The molecule has 0 aliphatic heterocycles. The molecule has 0 fully saturated rings. The first-order valence-corrected chi connectivity index (χ1v) is 8.03. The van der Waals surface area contributed by atoms with Crippen LogP contribution in [0.3, 0.4) is 0 Å². The summed E-state index contributed by atoms with van der Waals surface area (Å²) in [7, 11) is 0. The van der Waals surface area contributed by atoms with Crippen LogP contribution in [0, 0.1) is 6.92 Å². The molecule has 3 aromatic rings. The van der Waals surface area contributed by atoms with E-state index in [1.807, 2.05) is 25.1 Å². The van der Waals surface area contributed by atoms with Crippen LogP contribution in [-0.2, 0) is 5.88 Å². The van der Waals surface area contributed by atoms with Crippen molar-refractivity contribution in [3.8, 4) is 0 Å². The molecule has 1 unspecified atom stereocenters. The molecule has 6 heteroatoms. The van der Waals surface area contributed by atoms with Crippen LogP contribution < -0.4 is 0 Å². The summed E-state index contributed by atoms with van der Waals surface area (Å²) in [6.45, 7) is 4.12. The van der Waals surface area contributed by atoms with Crippen LogP contribution in [0.15, 0.2) is 23.6 Å². The van der Waals surface area contributed by atoms with E-state index in [2.05, 4.69) is 26.8 Å². The second kappa shape index (κ2) is 5.35. The first kappa shape index (κ1) is 13.9. The van der Waals surface area contributed by atoms with Crippen LogP contribution in [-0.4, -0.2) is 14.5 Å². The summed E-state index contributed by atoms with van der Waals surface area (Å²) in [5.41, 5.74) is 2.94. The van der Waals surface area contributed by atoms with E-state index in [9.17, 15) is 0 Å². The number of halogens is 2. The molecule has 0 spiro atoms. The number of alkyl halides is 1. The molecular formula is C14H13Cl2N3S.